The Labute approximate surface area is 177 Å². The van der Waals surface area contributed by atoms with Gasteiger partial charge in [-0.15, -0.1) is 0 Å². The fraction of sp³-hybridized carbons (Fsp3) is 0.550. The lowest BCUT2D eigenvalue weighted by atomic mass is 10.1. The van der Waals surface area contributed by atoms with Crippen molar-refractivity contribution in [1.82, 2.24) is 18.5 Å². The molecule has 0 amide bonds. The smallest absolute Gasteiger partial charge is 0.282 e. The summed E-state index contributed by atoms with van der Waals surface area (Å²) in [5.41, 5.74) is 1.91. The Morgan fingerprint density at radius 2 is 1.76 bits per heavy atom. The molecule has 158 valence electrons. The van der Waals surface area contributed by atoms with Crippen molar-refractivity contribution in [3.63, 3.8) is 0 Å². The molecule has 1 aromatic heterocycles. The van der Waals surface area contributed by atoms with Gasteiger partial charge < -0.3 is 4.74 Å². The van der Waals surface area contributed by atoms with Crippen LogP contribution in [0, 0.1) is 0 Å². The molecule has 2 unspecified atom stereocenters. The van der Waals surface area contributed by atoms with Crippen molar-refractivity contribution in [3.8, 4) is 0 Å². The molecule has 2 fully saturated rings. The highest BCUT2D eigenvalue weighted by Crippen LogP contribution is 2.27. The Morgan fingerprint density at radius 3 is 2.45 bits per heavy atom. The molecule has 0 bridgehead atoms. The SMILES string of the molecule is CC1CN(S(=O)(=O)N2CCN(Cc3c(Cl)ccc4cccnc34)CC2)CC(C)O1. The van der Waals surface area contributed by atoms with Crippen molar-refractivity contribution in [3.05, 3.63) is 41.0 Å². The van der Waals surface area contributed by atoms with Crippen LogP contribution < -0.4 is 0 Å². The maximum atomic E-state index is 13.1. The minimum atomic E-state index is -3.47. The summed E-state index contributed by atoms with van der Waals surface area (Å²) >= 11 is 6.46. The minimum Gasteiger partial charge on any atom is -0.373 e. The Bertz CT molecular complexity index is 969. The van der Waals surface area contributed by atoms with E-state index in [-0.39, 0.29) is 12.2 Å². The number of fused-ring (bicyclic) bond motifs is 1. The molecule has 3 heterocycles. The number of nitrogens with zero attached hydrogens (tertiary/aromatic N) is 4. The first kappa shape index (κ1) is 21.0. The third-order valence-electron chi connectivity index (χ3n) is 5.57. The lowest BCUT2D eigenvalue weighted by Gasteiger charge is -2.40. The van der Waals surface area contributed by atoms with Crippen LogP contribution in [-0.4, -0.2) is 78.4 Å². The third-order valence-corrected chi connectivity index (χ3v) is 7.90. The van der Waals surface area contributed by atoms with E-state index in [0.717, 1.165) is 16.5 Å². The minimum absolute atomic E-state index is 0.0872. The molecule has 0 N–H and O–H groups in total. The van der Waals surface area contributed by atoms with Crippen molar-refractivity contribution in [2.45, 2.75) is 32.6 Å². The van der Waals surface area contributed by atoms with Crippen molar-refractivity contribution in [2.75, 3.05) is 39.3 Å². The third kappa shape index (κ3) is 4.42. The van der Waals surface area contributed by atoms with Crippen LogP contribution >= 0.6 is 11.6 Å². The summed E-state index contributed by atoms with van der Waals surface area (Å²) in [6.07, 6.45) is 1.60. The molecule has 0 saturated carbocycles. The molecular weight excluding hydrogens is 412 g/mol. The molecule has 0 radical (unpaired) electrons. The first-order chi connectivity index (χ1) is 13.8. The lowest BCUT2D eigenvalue weighted by molar-refractivity contribution is -0.0457. The fourth-order valence-corrected chi connectivity index (χ4v) is 6.12. The molecule has 2 atom stereocenters. The van der Waals surface area contributed by atoms with Gasteiger partial charge in [0.2, 0.25) is 0 Å². The van der Waals surface area contributed by atoms with E-state index in [9.17, 15) is 8.42 Å². The van der Waals surface area contributed by atoms with Gasteiger partial charge in [-0.2, -0.15) is 17.0 Å². The molecule has 0 spiro atoms. The van der Waals surface area contributed by atoms with Crippen LogP contribution in [0.5, 0.6) is 0 Å². The van der Waals surface area contributed by atoms with Crippen molar-refractivity contribution < 1.29 is 13.2 Å². The highest BCUT2D eigenvalue weighted by atomic mass is 35.5. The zero-order chi connectivity index (χ0) is 20.6. The number of benzene rings is 1. The number of aromatic nitrogens is 1. The largest absolute Gasteiger partial charge is 0.373 e. The van der Waals surface area contributed by atoms with Crippen molar-refractivity contribution in [2.24, 2.45) is 0 Å². The molecule has 29 heavy (non-hydrogen) atoms. The van der Waals surface area contributed by atoms with Crippen LogP contribution in [-0.2, 0) is 21.5 Å². The van der Waals surface area contributed by atoms with E-state index in [1.54, 1.807) is 14.8 Å². The zero-order valence-electron chi connectivity index (χ0n) is 16.8. The number of pyridine rings is 1. The van der Waals surface area contributed by atoms with Gasteiger partial charge in [0, 0.05) is 68.0 Å². The first-order valence-corrected chi connectivity index (χ1v) is 11.8. The topological polar surface area (TPSA) is 66.0 Å². The average Bonchev–Trinajstić information content (AvgIpc) is 2.70. The second-order valence-electron chi connectivity index (χ2n) is 7.86. The molecule has 2 aliphatic rings. The standard InChI is InChI=1S/C20H27ClN4O3S/c1-15-12-25(13-16(2)28-15)29(26,27)24-10-8-23(9-11-24)14-18-19(21)6-5-17-4-3-7-22-20(17)18/h3-7,15-16H,8-14H2,1-2H3. The molecule has 9 heteroatoms. The van der Waals surface area contributed by atoms with Crippen molar-refractivity contribution >= 4 is 32.7 Å². The molecule has 1 aromatic carbocycles. The average molecular weight is 439 g/mol. The summed E-state index contributed by atoms with van der Waals surface area (Å²) in [5.74, 6) is 0. The molecule has 7 nitrogen and oxygen atoms in total. The molecular formula is C20H27ClN4O3S. The highest BCUT2D eigenvalue weighted by Gasteiger charge is 2.36. The van der Waals surface area contributed by atoms with E-state index in [2.05, 4.69) is 9.88 Å². The Morgan fingerprint density at radius 1 is 1.07 bits per heavy atom. The van der Waals surface area contributed by atoms with E-state index in [0.29, 0.717) is 50.8 Å². The molecule has 2 aliphatic heterocycles. The highest BCUT2D eigenvalue weighted by molar-refractivity contribution is 7.86. The van der Waals surface area contributed by atoms with Crippen LogP contribution in [0.3, 0.4) is 0 Å². The number of rotatable bonds is 4. The van der Waals surface area contributed by atoms with E-state index in [4.69, 9.17) is 16.3 Å². The van der Waals surface area contributed by atoms with Crippen LogP contribution in [0.2, 0.25) is 5.02 Å². The van der Waals surface area contributed by atoms with E-state index < -0.39 is 10.2 Å². The number of morpholine rings is 1. The van der Waals surface area contributed by atoms with Crippen LogP contribution in [0.25, 0.3) is 10.9 Å². The predicted octanol–water partition coefficient (Wildman–Crippen LogP) is 2.36. The van der Waals surface area contributed by atoms with Gasteiger partial charge in [0.15, 0.2) is 0 Å². The lowest BCUT2D eigenvalue weighted by Crippen LogP contribution is -2.57. The molecule has 0 aliphatic carbocycles. The predicted molar refractivity (Wildman–Crippen MR) is 114 cm³/mol. The van der Waals surface area contributed by atoms with Gasteiger partial charge >= 0.3 is 0 Å². The van der Waals surface area contributed by atoms with Crippen LogP contribution in [0.1, 0.15) is 19.4 Å². The number of halogens is 1. The molecule has 2 aromatic rings. The van der Waals surface area contributed by atoms with Crippen LogP contribution in [0.4, 0.5) is 0 Å². The Hall–Kier alpha value is -1.29. The first-order valence-electron chi connectivity index (χ1n) is 10.00. The zero-order valence-corrected chi connectivity index (χ0v) is 18.4. The number of hydrogen-bond donors (Lipinski definition) is 0. The maximum Gasteiger partial charge on any atom is 0.282 e. The van der Waals surface area contributed by atoms with Crippen LogP contribution in [0.15, 0.2) is 30.5 Å². The summed E-state index contributed by atoms with van der Waals surface area (Å²) < 4.78 is 35.0. The van der Waals surface area contributed by atoms with E-state index in [1.165, 1.54) is 0 Å². The molecule has 4 rings (SSSR count). The maximum absolute atomic E-state index is 13.1. The second kappa shape index (κ2) is 8.45. The Kier molecular flexibility index (Phi) is 6.11. The summed E-state index contributed by atoms with van der Waals surface area (Å²) in [4.78, 5) is 6.74. The van der Waals surface area contributed by atoms with Gasteiger partial charge in [0.25, 0.3) is 10.2 Å². The summed E-state index contributed by atoms with van der Waals surface area (Å²) in [6, 6.07) is 7.82. The Balaban J connectivity index is 1.43. The quantitative estimate of drug-likeness (QED) is 0.733. The van der Waals surface area contributed by atoms with Gasteiger partial charge in [-0.25, -0.2) is 0 Å². The number of hydrogen-bond acceptors (Lipinski definition) is 5. The van der Waals surface area contributed by atoms with Gasteiger partial charge in [-0.05, 0) is 26.0 Å². The number of piperazine rings is 1. The summed E-state index contributed by atoms with van der Waals surface area (Å²) in [6.45, 7) is 7.57. The summed E-state index contributed by atoms with van der Waals surface area (Å²) in [7, 11) is -3.47. The van der Waals surface area contributed by atoms with Gasteiger partial charge in [-0.3, -0.25) is 9.88 Å². The summed E-state index contributed by atoms with van der Waals surface area (Å²) in [5, 5.41) is 1.76. The normalized spacial score (nSPS) is 25.5. The second-order valence-corrected chi connectivity index (χ2v) is 10.2. The van der Waals surface area contributed by atoms with Gasteiger partial charge in [-0.1, -0.05) is 23.7 Å². The van der Waals surface area contributed by atoms with E-state index in [1.807, 2.05) is 38.1 Å². The number of ether oxygens (including phenoxy) is 1. The fourth-order valence-electron chi connectivity index (χ4n) is 4.16. The van der Waals surface area contributed by atoms with Crippen molar-refractivity contribution in [1.29, 1.82) is 0 Å². The van der Waals surface area contributed by atoms with E-state index >= 15 is 0 Å². The molecule has 2 saturated heterocycles. The van der Waals surface area contributed by atoms with Gasteiger partial charge in [0.05, 0.1) is 17.7 Å². The monoisotopic (exact) mass is 438 g/mol. The van der Waals surface area contributed by atoms with Gasteiger partial charge in [0.1, 0.15) is 0 Å².